The Labute approximate surface area is 136 Å². The van der Waals surface area contributed by atoms with E-state index in [0.717, 1.165) is 0 Å². The zero-order valence-corrected chi connectivity index (χ0v) is 12.5. The van der Waals surface area contributed by atoms with Crippen molar-refractivity contribution in [2.24, 2.45) is 0 Å². The largest absolute Gasteiger partial charge is 0.573 e. The summed E-state index contributed by atoms with van der Waals surface area (Å²) < 4.78 is 46.1. The van der Waals surface area contributed by atoms with Crippen molar-refractivity contribution in [3.05, 3.63) is 54.0 Å². The van der Waals surface area contributed by atoms with Crippen LogP contribution < -0.4 is 10.1 Å². The van der Waals surface area contributed by atoms with Gasteiger partial charge in [-0.25, -0.2) is 0 Å². The van der Waals surface area contributed by atoms with Gasteiger partial charge in [0.05, 0.1) is 12.9 Å². The Balaban J connectivity index is 1.94. The molecule has 0 aliphatic heterocycles. The van der Waals surface area contributed by atoms with Gasteiger partial charge in [-0.05, 0) is 30.2 Å². The average Bonchev–Trinajstić information content (AvgIpc) is 3.04. The molecule has 2 N–H and O–H groups in total. The fraction of sp³-hybridized carbons (Fsp3) is 0.312. The minimum absolute atomic E-state index is 0.0601. The summed E-state index contributed by atoms with van der Waals surface area (Å²) in [7, 11) is 0. The number of aryl methyl sites for hydroxylation is 1. The topological polar surface area (TPSA) is 71.7 Å². The minimum atomic E-state index is -4.79. The smallest absolute Gasteiger partial charge is 0.467 e. The third kappa shape index (κ3) is 5.31. The van der Waals surface area contributed by atoms with Gasteiger partial charge in [0.2, 0.25) is 5.91 Å². The molecular formula is C16H16F3NO4. The Morgan fingerprint density at radius 1 is 1.25 bits per heavy atom. The van der Waals surface area contributed by atoms with Crippen molar-refractivity contribution in [3.63, 3.8) is 0 Å². The number of furan rings is 1. The van der Waals surface area contributed by atoms with E-state index in [1.165, 1.54) is 24.5 Å². The Morgan fingerprint density at radius 2 is 2.00 bits per heavy atom. The van der Waals surface area contributed by atoms with Gasteiger partial charge in [0.1, 0.15) is 17.6 Å². The summed E-state index contributed by atoms with van der Waals surface area (Å²) in [6.07, 6.45) is -3.38. The highest BCUT2D eigenvalue weighted by atomic mass is 19.4. The zero-order valence-electron chi connectivity index (χ0n) is 12.5. The maximum absolute atomic E-state index is 12.4. The van der Waals surface area contributed by atoms with E-state index in [9.17, 15) is 23.1 Å². The molecule has 0 bridgehead atoms. The van der Waals surface area contributed by atoms with E-state index in [2.05, 4.69) is 10.1 Å². The maximum atomic E-state index is 12.4. The van der Waals surface area contributed by atoms with Crippen LogP contribution in [0.2, 0.25) is 0 Å². The number of nitrogens with one attached hydrogen (secondary N) is 1. The highest BCUT2D eigenvalue weighted by Gasteiger charge is 2.32. The van der Waals surface area contributed by atoms with Gasteiger partial charge in [0, 0.05) is 6.42 Å². The molecule has 1 amide bonds. The van der Waals surface area contributed by atoms with E-state index in [0.29, 0.717) is 5.76 Å². The number of amides is 1. The van der Waals surface area contributed by atoms with E-state index in [4.69, 9.17) is 4.42 Å². The molecule has 0 radical (unpaired) electrons. The second kappa shape index (κ2) is 7.87. The molecule has 0 aliphatic carbocycles. The molecule has 1 aromatic heterocycles. The molecule has 1 unspecified atom stereocenters. The van der Waals surface area contributed by atoms with Gasteiger partial charge >= 0.3 is 6.36 Å². The summed E-state index contributed by atoms with van der Waals surface area (Å²) in [6.45, 7) is -0.354. The first kappa shape index (κ1) is 17.9. The van der Waals surface area contributed by atoms with Crippen molar-refractivity contribution in [3.8, 4) is 5.75 Å². The van der Waals surface area contributed by atoms with Crippen molar-refractivity contribution < 1.29 is 32.2 Å². The fourth-order valence-electron chi connectivity index (χ4n) is 2.15. The minimum Gasteiger partial charge on any atom is -0.467 e. The summed E-state index contributed by atoms with van der Waals surface area (Å²) in [5.41, 5.74) is 0.267. The van der Waals surface area contributed by atoms with Crippen molar-refractivity contribution in [2.75, 3.05) is 6.61 Å². The molecular weight excluding hydrogens is 327 g/mol. The van der Waals surface area contributed by atoms with Crippen LogP contribution in [0, 0.1) is 0 Å². The molecule has 0 saturated heterocycles. The zero-order chi connectivity index (χ0) is 17.6. The van der Waals surface area contributed by atoms with Crippen LogP contribution in [0.15, 0.2) is 47.1 Å². The van der Waals surface area contributed by atoms with Gasteiger partial charge in [0.15, 0.2) is 0 Å². The van der Waals surface area contributed by atoms with Crippen LogP contribution in [0.3, 0.4) is 0 Å². The first-order valence-electron chi connectivity index (χ1n) is 7.16. The number of aliphatic hydroxyl groups excluding tert-OH is 1. The van der Waals surface area contributed by atoms with Crippen LogP contribution in [0.4, 0.5) is 13.2 Å². The van der Waals surface area contributed by atoms with E-state index in [1.54, 1.807) is 18.2 Å². The molecule has 1 atom stereocenters. The van der Waals surface area contributed by atoms with Crippen LogP contribution in [0.5, 0.6) is 5.75 Å². The third-order valence-corrected chi connectivity index (χ3v) is 3.22. The van der Waals surface area contributed by atoms with E-state index in [-0.39, 0.29) is 30.8 Å². The first-order chi connectivity index (χ1) is 11.4. The van der Waals surface area contributed by atoms with Crippen LogP contribution in [-0.4, -0.2) is 24.0 Å². The predicted octanol–water partition coefficient (Wildman–Crippen LogP) is 2.96. The number of alkyl halides is 3. The number of hydrogen-bond donors (Lipinski definition) is 2. The third-order valence-electron chi connectivity index (χ3n) is 3.22. The number of benzene rings is 1. The molecule has 2 aromatic rings. The van der Waals surface area contributed by atoms with Crippen molar-refractivity contribution >= 4 is 5.91 Å². The summed E-state index contributed by atoms with van der Waals surface area (Å²) in [5, 5.41) is 11.8. The second-order valence-corrected chi connectivity index (χ2v) is 4.97. The second-order valence-electron chi connectivity index (χ2n) is 4.97. The number of rotatable bonds is 7. The fourth-order valence-corrected chi connectivity index (χ4v) is 2.15. The molecule has 24 heavy (non-hydrogen) atoms. The molecule has 0 spiro atoms. The van der Waals surface area contributed by atoms with E-state index >= 15 is 0 Å². The Bertz CT molecular complexity index is 656. The van der Waals surface area contributed by atoms with Gasteiger partial charge in [-0.15, -0.1) is 13.2 Å². The summed E-state index contributed by atoms with van der Waals surface area (Å²) in [6, 6.07) is 8.17. The van der Waals surface area contributed by atoms with Crippen LogP contribution >= 0.6 is 0 Å². The van der Waals surface area contributed by atoms with E-state index < -0.39 is 18.3 Å². The number of aliphatic hydroxyl groups is 1. The lowest BCUT2D eigenvalue weighted by Gasteiger charge is -2.15. The monoisotopic (exact) mass is 343 g/mol. The lowest BCUT2D eigenvalue weighted by Crippen LogP contribution is -2.30. The number of hydrogen-bond acceptors (Lipinski definition) is 4. The molecule has 5 nitrogen and oxygen atoms in total. The number of carbonyl (C=O) groups excluding carboxylic acids is 1. The van der Waals surface area contributed by atoms with Crippen molar-refractivity contribution in [2.45, 2.75) is 25.2 Å². The first-order valence-corrected chi connectivity index (χ1v) is 7.16. The van der Waals surface area contributed by atoms with Crippen molar-refractivity contribution in [1.29, 1.82) is 0 Å². The molecule has 2 rings (SSSR count). The summed E-state index contributed by atoms with van der Waals surface area (Å²) >= 11 is 0. The Kier molecular flexibility index (Phi) is 5.86. The molecule has 0 saturated carbocycles. The normalized spacial score (nSPS) is 12.7. The molecule has 0 fully saturated rings. The lowest BCUT2D eigenvalue weighted by molar-refractivity contribution is -0.274. The lowest BCUT2D eigenvalue weighted by atomic mass is 10.1. The Morgan fingerprint density at radius 3 is 2.62 bits per heavy atom. The molecule has 130 valence electrons. The standard InChI is InChI=1S/C16H16F3NO4/c17-16(18,19)24-13-5-2-1-4-11(13)7-8-15(22)20-12(10-21)14-6-3-9-23-14/h1-6,9,12,21H,7-8,10H2,(H,20,22). The maximum Gasteiger partial charge on any atom is 0.573 e. The number of ether oxygens (including phenoxy) is 1. The molecule has 1 aromatic carbocycles. The number of carbonyl (C=O) groups is 1. The SMILES string of the molecule is O=C(CCc1ccccc1OC(F)(F)F)NC(CO)c1ccco1. The van der Waals surface area contributed by atoms with Gasteiger partial charge in [-0.1, -0.05) is 18.2 Å². The van der Waals surface area contributed by atoms with Crippen LogP contribution in [0.25, 0.3) is 0 Å². The van der Waals surface area contributed by atoms with E-state index in [1.807, 2.05) is 0 Å². The quantitative estimate of drug-likeness (QED) is 0.811. The molecule has 1 heterocycles. The summed E-state index contributed by atoms with van der Waals surface area (Å²) in [4.78, 5) is 12.0. The summed E-state index contributed by atoms with van der Waals surface area (Å²) in [5.74, 6) is -0.360. The number of halogens is 3. The van der Waals surface area contributed by atoms with Gasteiger partial charge < -0.3 is 19.6 Å². The number of para-hydroxylation sites is 1. The average molecular weight is 343 g/mol. The van der Waals surface area contributed by atoms with Crippen molar-refractivity contribution in [1.82, 2.24) is 5.32 Å². The van der Waals surface area contributed by atoms with Gasteiger partial charge in [-0.3, -0.25) is 4.79 Å². The highest BCUT2D eigenvalue weighted by molar-refractivity contribution is 5.76. The van der Waals surface area contributed by atoms with Gasteiger partial charge in [-0.2, -0.15) is 0 Å². The predicted molar refractivity (Wildman–Crippen MR) is 78.1 cm³/mol. The van der Waals surface area contributed by atoms with Crippen LogP contribution in [-0.2, 0) is 11.2 Å². The highest BCUT2D eigenvalue weighted by Crippen LogP contribution is 2.27. The molecule has 8 heteroatoms. The molecule has 0 aliphatic rings. The van der Waals surface area contributed by atoms with Gasteiger partial charge in [0.25, 0.3) is 0 Å². The van der Waals surface area contributed by atoms with Crippen LogP contribution in [0.1, 0.15) is 23.8 Å². The Hall–Kier alpha value is -2.48.